The van der Waals surface area contributed by atoms with Gasteiger partial charge in [-0.05, 0) is 24.6 Å². The predicted molar refractivity (Wildman–Crippen MR) is 77.9 cm³/mol. The summed E-state index contributed by atoms with van der Waals surface area (Å²) in [4.78, 5) is 22.7. The molecule has 10 heteroatoms. The number of sulfonamides is 1. The highest BCUT2D eigenvalue weighted by Crippen LogP contribution is 2.22. The second-order valence-corrected chi connectivity index (χ2v) is 6.94. The number of rotatable bonds is 3. The van der Waals surface area contributed by atoms with Crippen LogP contribution in [0.4, 0.5) is 9.18 Å². The lowest BCUT2D eigenvalue weighted by molar-refractivity contribution is 0.0696. The van der Waals surface area contributed by atoms with Gasteiger partial charge in [0.25, 0.3) is 0 Å². The molecule has 0 radical (unpaired) electrons. The molecule has 1 aliphatic rings. The molecule has 2 amide bonds. The van der Waals surface area contributed by atoms with E-state index in [1.165, 1.54) is 4.90 Å². The lowest BCUT2D eigenvalue weighted by Gasteiger charge is -2.21. The van der Waals surface area contributed by atoms with Gasteiger partial charge in [-0.1, -0.05) is 0 Å². The quantitative estimate of drug-likeness (QED) is 0.816. The maximum Gasteiger partial charge on any atom is 0.335 e. The summed E-state index contributed by atoms with van der Waals surface area (Å²) < 4.78 is 40.1. The Morgan fingerprint density at radius 1 is 1.17 bits per heavy atom. The molecule has 23 heavy (non-hydrogen) atoms. The van der Waals surface area contributed by atoms with E-state index in [1.54, 1.807) is 0 Å². The molecule has 0 bridgehead atoms. The summed E-state index contributed by atoms with van der Waals surface area (Å²) in [6.45, 7) is 0.544. The van der Waals surface area contributed by atoms with Crippen LogP contribution in [0, 0.1) is 5.82 Å². The van der Waals surface area contributed by atoms with Gasteiger partial charge in [0, 0.05) is 26.2 Å². The Bertz CT molecular complexity index is 737. The minimum Gasteiger partial charge on any atom is -0.478 e. The van der Waals surface area contributed by atoms with Crippen LogP contribution in [0.2, 0.25) is 0 Å². The Labute approximate surface area is 132 Å². The lowest BCUT2D eigenvalue weighted by Crippen LogP contribution is -2.39. The third-order valence-electron chi connectivity index (χ3n) is 3.56. The maximum atomic E-state index is 14.0. The first-order valence-electron chi connectivity index (χ1n) is 6.81. The number of urea groups is 1. The number of amides is 2. The average Bonchev–Trinajstić information content (AvgIpc) is 2.73. The zero-order valence-corrected chi connectivity index (χ0v) is 12.9. The van der Waals surface area contributed by atoms with Gasteiger partial charge in [0.05, 0.1) is 5.56 Å². The Kier molecular flexibility index (Phi) is 4.85. The second-order valence-electron chi connectivity index (χ2n) is 5.03. The third-order valence-corrected chi connectivity index (χ3v) is 5.50. The molecular formula is C13H16FN3O5S. The van der Waals surface area contributed by atoms with Crippen LogP contribution < -0.4 is 5.73 Å². The van der Waals surface area contributed by atoms with Crippen LogP contribution in [-0.2, 0) is 10.0 Å². The molecule has 8 nitrogen and oxygen atoms in total. The van der Waals surface area contributed by atoms with Crippen molar-refractivity contribution in [2.75, 3.05) is 26.2 Å². The molecule has 1 aliphatic heterocycles. The summed E-state index contributed by atoms with van der Waals surface area (Å²) in [5.41, 5.74) is 4.84. The molecule has 1 saturated heterocycles. The summed E-state index contributed by atoms with van der Waals surface area (Å²) in [6.07, 6.45) is 0.372. The van der Waals surface area contributed by atoms with E-state index in [4.69, 9.17) is 10.8 Å². The van der Waals surface area contributed by atoms with Crippen molar-refractivity contribution in [2.24, 2.45) is 5.73 Å². The number of benzene rings is 1. The normalized spacial score (nSPS) is 16.8. The fourth-order valence-electron chi connectivity index (χ4n) is 2.34. The largest absolute Gasteiger partial charge is 0.478 e. The van der Waals surface area contributed by atoms with E-state index >= 15 is 0 Å². The fraction of sp³-hybridized carbons (Fsp3) is 0.385. The first-order chi connectivity index (χ1) is 10.7. The van der Waals surface area contributed by atoms with Crippen LogP contribution >= 0.6 is 0 Å². The number of carboxylic acid groups (broad SMARTS) is 1. The Balaban J connectivity index is 2.28. The zero-order valence-electron chi connectivity index (χ0n) is 12.1. The van der Waals surface area contributed by atoms with Crippen molar-refractivity contribution in [3.05, 3.63) is 29.6 Å². The zero-order chi connectivity index (χ0) is 17.2. The number of nitrogens with two attached hydrogens (primary N) is 1. The predicted octanol–water partition coefficient (Wildman–Crippen LogP) is 0.299. The number of primary amides is 1. The maximum absolute atomic E-state index is 14.0. The standard InChI is InChI=1S/C13H16FN3O5S/c14-10-8-9(12(18)19)2-3-11(10)23(21,22)17-5-1-4-16(6-7-17)13(15)20/h2-3,8H,1,4-7H2,(H2,15,20)(H,18,19). The Hall–Kier alpha value is -2.20. The van der Waals surface area contributed by atoms with Crippen LogP contribution in [0.25, 0.3) is 0 Å². The van der Waals surface area contributed by atoms with E-state index < -0.39 is 32.7 Å². The van der Waals surface area contributed by atoms with E-state index in [0.717, 1.165) is 16.4 Å². The van der Waals surface area contributed by atoms with E-state index in [9.17, 15) is 22.4 Å². The first-order valence-corrected chi connectivity index (χ1v) is 8.25. The molecule has 0 unspecified atom stereocenters. The highest BCUT2D eigenvalue weighted by atomic mass is 32.2. The van der Waals surface area contributed by atoms with E-state index in [0.29, 0.717) is 19.0 Å². The van der Waals surface area contributed by atoms with Gasteiger partial charge in [-0.2, -0.15) is 4.31 Å². The van der Waals surface area contributed by atoms with Crippen molar-refractivity contribution < 1.29 is 27.5 Å². The van der Waals surface area contributed by atoms with Gasteiger partial charge in [0.2, 0.25) is 10.0 Å². The van der Waals surface area contributed by atoms with Crippen molar-refractivity contribution in [2.45, 2.75) is 11.3 Å². The van der Waals surface area contributed by atoms with Crippen LogP contribution in [0.3, 0.4) is 0 Å². The number of halogens is 1. The minimum atomic E-state index is -4.12. The molecule has 0 atom stereocenters. The highest BCUT2D eigenvalue weighted by molar-refractivity contribution is 7.89. The van der Waals surface area contributed by atoms with Crippen molar-refractivity contribution in [3.63, 3.8) is 0 Å². The van der Waals surface area contributed by atoms with Crippen LogP contribution in [0.15, 0.2) is 23.1 Å². The number of hydrogen-bond donors (Lipinski definition) is 2. The van der Waals surface area contributed by atoms with E-state index in [2.05, 4.69) is 0 Å². The molecule has 2 rings (SSSR count). The van der Waals surface area contributed by atoms with Crippen molar-refractivity contribution in [1.82, 2.24) is 9.21 Å². The van der Waals surface area contributed by atoms with Gasteiger partial charge in [-0.25, -0.2) is 22.4 Å². The topological polar surface area (TPSA) is 121 Å². The highest BCUT2D eigenvalue weighted by Gasteiger charge is 2.30. The second kappa shape index (κ2) is 6.50. The molecule has 0 aliphatic carbocycles. The number of carbonyl (C=O) groups excluding carboxylic acids is 1. The molecular weight excluding hydrogens is 329 g/mol. The fourth-order valence-corrected chi connectivity index (χ4v) is 3.85. The number of aromatic carboxylic acids is 1. The monoisotopic (exact) mass is 345 g/mol. The van der Waals surface area contributed by atoms with Gasteiger partial charge >= 0.3 is 12.0 Å². The Morgan fingerprint density at radius 3 is 2.43 bits per heavy atom. The molecule has 1 heterocycles. The van der Waals surface area contributed by atoms with E-state index in [-0.39, 0.29) is 25.2 Å². The van der Waals surface area contributed by atoms with Crippen molar-refractivity contribution in [1.29, 1.82) is 0 Å². The van der Waals surface area contributed by atoms with Gasteiger partial charge in [0.1, 0.15) is 10.7 Å². The SMILES string of the molecule is NC(=O)N1CCCN(S(=O)(=O)c2ccc(C(=O)O)cc2F)CC1. The van der Waals surface area contributed by atoms with E-state index in [1.807, 2.05) is 0 Å². The summed E-state index contributed by atoms with van der Waals surface area (Å²) >= 11 is 0. The molecule has 1 aromatic carbocycles. The summed E-state index contributed by atoms with van der Waals surface area (Å²) in [7, 11) is -4.12. The lowest BCUT2D eigenvalue weighted by atomic mass is 10.2. The Morgan fingerprint density at radius 2 is 1.87 bits per heavy atom. The van der Waals surface area contributed by atoms with Crippen LogP contribution in [0.1, 0.15) is 16.8 Å². The number of hydrogen-bond acceptors (Lipinski definition) is 4. The van der Waals surface area contributed by atoms with Gasteiger partial charge < -0.3 is 15.7 Å². The molecule has 0 spiro atoms. The average molecular weight is 345 g/mol. The number of carbonyl (C=O) groups is 2. The molecule has 0 aromatic heterocycles. The van der Waals surface area contributed by atoms with Gasteiger partial charge in [-0.3, -0.25) is 0 Å². The summed E-state index contributed by atoms with van der Waals surface area (Å²) in [5.74, 6) is -2.47. The summed E-state index contributed by atoms with van der Waals surface area (Å²) in [6, 6.07) is 2.00. The molecule has 126 valence electrons. The molecule has 1 fully saturated rings. The molecule has 1 aromatic rings. The van der Waals surface area contributed by atoms with Crippen LogP contribution in [0.5, 0.6) is 0 Å². The number of carboxylic acids is 1. The minimum absolute atomic E-state index is 0.00854. The van der Waals surface area contributed by atoms with Gasteiger partial charge in [-0.15, -0.1) is 0 Å². The third kappa shape index (κ3) is 3.59. The summed E-state index contributed by atoms with van der Waals surface area (Å²) in [5, 5.41) is 8.79. The first kappa shape index (κ1) is 17.2. The number of nitrogens with zero attached hydrogens (tertiary/aromatic N) is 2. The van der Waals surface area contributed by atoms with Gasteiger partial charge in [0.15, 0.2) is 0 Å². The molecule has 0 saturated carbocycles. The van der Waals surface area contributed by atoms with Crippen molar-refractivity contribution in [3.8, 4) is 0 Å². The molecule has 3 N–H and O–H groups in total. The van der Waals surface area contributed by atoms with Crippen molar-refractivity contribution >= 4 is 22.0 Å². The van der Waals surface area contributed by atoms with Crippen LogP contribution in [-0.4, -0.2) is 60.9 Å². The smallest absolute Gasteiger partial charge is 0.335 e.